The monoisotopic (exact) mass is 364 g/mol. The van der Waals surface area contributed by atoms with Gasteiger partial charge in [-0.2, -0.15) is 0 Å². The molecule has 0 saturated carbocycles. The lowest BCUT2D eigenvalue weighted by atomic mass is 10.1. The van der Waals surface area contributed by atoms with E-state index in [9.17, 15) is 4.39 Å². The number of rotatable bonds is 5. The maximum atomic E-state index is 13.2. The molecule has 2 nitrogen and oxygen atoms in total. The smallest absolute Gasteiger partial charge is 0.123 e. The molecule has 1 fully saturated rings. The van der Waals surface area contributed by atoms with E-state index in [1.165, 1.54) is 12.5 Å². The molecule has 1 aliphatic rings. The Morgan fingerprint density at radius 1 is 1.44 bits per heavy atom. The minimum Gasteiger partial charge on any atom is -0.376 e. The Bertz CT molecular complexity index is 367. The Morgan fingerprint density at radius 2 is 2.33 bits per heavy atom. The second-order valence-electron chi connectivity index (χ2n) is 4.52. The summed E-state index contributed by atoms with van der Waals surface area (Å²) in [5.74, 6) is -0.208. The molecule has 2 rings (SSSR count). The van der Waals surface area contributed by atoms with E-state index < -0.39 is 0 Å². The van der Waals surface area contributed by atoms with E-state index in [1.807, 2.05) is 6.07 Å². The van der Waals surface area contributed by atoms with Crippen molar-refractivity contribution in [3.05, 3.63) is 35.6 Å². The zero-order chi connectivity index (χ0) is 12.8. The molecule has 1 aromatic carbocycles. The van der Waals surface area contributed by atoms with Crippen molar-refractivity contribution < 1.29 is 13.9 Å². The summed E-state index contributed by atoms with van der Waals surface area (Å²) in [6.07, 6.45) is 3.58. The van der Waals surface area contributed by atoms with Crippen molar-refractivity contribution in [3.8, 4) is 0 Å². The SMILES string of the molecule is Fc1cccc(C(CI)OCC2CCCCO2)c1. The van der Waals surface area contributed by atoms with Gasteiger partial charge in [-0.15, -0.1) is 0 Å². The highest BCUT2D eigenvalue weighted by atomic mass is 127. The van der Waals surface area contributed by atoms with Gasteiger partial charge in [0, 0.05) is 11.0 Å². The quantitative estimate of drug-likeness (QED) is 0.583. The van der Waals surface area contributed by atoms with E-state index in [-0.39, 0.29) is 18.0 Å². The summed E-state index contributed by atoms with van der Waals surface area (Å²) in [5, 5.41) is 0. The average Bonchev–Trinajstić information content (AvgIpc) is 2.41. The number of halogens is 2. The average molecular weight is 364 g/mol. The Balaban J connectivity index is 1.88. The Kier molecular flexibility index (Phi) is 5.85. The Hall–Kier alpha value is -0.200. The van der Waals surface area contributed by atoms with E-state index in [0.717, 1.165) is 29.4 Å². The van der Waals surface area contributed by atoms with Crippen LogP contribution >= 0.6 is 22.6 Å². The van der Waals surface area contributed by atoms with Gasteiger partial charge in [0.15, 0.2) is 0 Å². The van der Waals surface area contributed by atoms with Crippen LogP contribution in [0.2, 0.25) is 0 Å². The van der Waals surface area contributed by atoms with Crippen LogP contribution in [0.5, 0.6) is 0 Å². The van der Waals surface area contributed by atoms with Crippen molar-refractivity contribution >= 4 is 22.6 Å². The lowest BCUT2D eigenvalue weighted by Crippen LogP contribution is -2.25. The molecule has 0 radical (unpaired) electrons. The fourth-order valence-electron chi connectivity index (χ4n) is 2.10. The van der Waals surface area contributed by atoms with Gasteiger partial charge < -0.3 is 9.47 Å². The molecule has 18 heavy (non-hydrogen) atoms. The second kappa shape index (κ2) is 7.40. The van der Waals surface area contributed by atoms with E-state index in [1.54, 1.807) is 12.1 Å². The molecule has 1 saturated heterocycles. The second-order valence-corrected chi connectivity index (χ2v) is 5.40. The third-order valence-electron chi connectivity index (χ3n) is 3.12. The van der Waals surface area contributed by atoms with Gasteiger partial charge in [0.25, 0.3) is 0 Å². The first-order valence-corrected chi connectivity index (χ1v) is 7.87. The molecule has 1 heterocycles. The molecule has 0 spiro atoms. The van der Waals surface area contributed by atoms with Crippen LogP contribution in [-0.4, -0.2) is 23.7 Å². The number of hydrogen-bond acceptors (Lipinski definition) is 2. The maximum Gasteiger partial charge on any atom is 0.123 e. The van der Waals surface area contributed by atoms with Crippen LogP contribution in [0.4, 0.5) is 4.39 Å². The zero-order valence-corrected chi connectivity index (χ0v) is 12.4. The number of benzene rings is 1. The van der Waals surface area contributed by atoms with Gasteiger partial charge in [0.05, 0.1) is 18.8 Å². The first-order chi connectivity index (χ1) is 8.79. The van der Waals surface area contributed by atoms with E-state index in [0.29, 0.717) is 6.61 Å². The predicted octanol–water partition coefficient (Wildman–Crippen LogP) is 3.89. The molecule has 0 N–H and O–H groups in total. The third kappa shape index (κ3) is 4.17. The summed E-state index contributed by atoms with van der Waals surface area (Å²) in [6.45, 7) is 1.44. The summed E-state index contributed by atoms with van der Waals surface area (Å²) in [5.41, 5.74) is 0.903. The molecular formula is C14H18FIO2. The van der Waals surface area contributed by atoms with E-state index >= 15 is 0 Å². The van der Waals surface area contributed by atoms with Crippen LogP contribution in [0.15, 0.2) is 24.3 Å². The van der Waals surface area contributed by atoms with Crippen molar-refractivity contribution in [2.24, 2.45) is 0 Å². The molecule has 100 valence electrons. The van der Waals surface area contributed by atoms with Crippen molar-refractivity contribution in [3.63, 3.8) is 0 Å². The first-order valence-electron chi connectivity index (χ1n) is 6.34. The van der Waals surface area contributed by atoms with Crippen LogP contribution in [0.25, 0.3) is 0 Å². The first kappa shape index (κ1) is 14.2. The van der Waals surface area contributed by atoms with Crippen molar-refractivity contribution in [1.29, 1.82) is 0 Å². The largest absolute Gasteiger partial charge is 0.376 e. The van der Waals surface area contributed by atoms with Crippen molar-refractivity contribution in [2.75, 3.05) is 17.6 Å². The van der Waals surface area contributed by atoms with Crippen LogP contribution in [0.3, 0.4) is 0 Å². The molecule has 0 aromatic heterocycles. The van der Waals surface area contributed by atoms with Crippen LogP contribution in [0, 0.1) is 5.82 Å². The minimum atomic E-state index is -0.208. The maximum absolute atomic E-state index is 13.2. The van der Waals surface area contributed by atoms with Crippen LogP contribution in [0.1, 0.15) is 30.9 Å². The fraction of sp³-hybridized carbons (Fsp3) is 0.571. The van der Waals surface area contributed by atoms with Gasteiger partial charge in [0.2, 0.25) is 0 Å². The molecule has 2 atom stereocenters. The van der Waals surface area contributed by atoms with Gasteiger partial charge >= 0.3 is 0 Å². The topological polar surface area (TPSA) is 18.5 Å². The lowest BCUT2D eigenvalue weighted by Gasteiger charge is -2.25. The fourth-order valence-corrected chi connectivity index (χ4v) is 2.86. The molecule has 0 aliphatic carbocycles. The zero-order valence-electron chi connectivity index (χ0n) is 10.3. The molecular weight excluding hydrogens is 346 g/mol. The summed E-state index contributed by atoms with van der Waals surface area (Å²) < 4.78 is 25.5. The number of hydrogen-bond donors (Lipinski definition) is 0. The summed E-state index contributed by atoms with van der Waals surface area (Å²) in [4.78, 5) is 0. The highest BCUT2D eigenvalue weighted by molar-refractivity contribution is 14.1. The Labute approximate surface area is 121 Å². The number of ether oxygens (including phenoxy) is 2. The van der Waals surface area contributed by atoms with Gasteiger partial charge in [-0.05, 0) is 37.0 Å². The summed E-state index contributed by atoms with van der Waals surface area (Å²) >= 11 is 2.27. The summed E-state index contributed by atoms with van der Waals surface area (Å²) in [7, 11) is 0. The Morgan fingerprint density at radius 3 is 3.00 bits per heavy atom. The van der Waals surface area contributed by atoms with Crippen LogP contribution < -0.4 is 0 Å². The van der Waals surface area contributed by atoms with Gasteiger partial charge in [0.1, 0.15) is 5.82 Å². The highest BCUT2D eigenvalue weighted by Crippen LogP contribution is 2.22. The van der Waals surface area contributed by atoms with Crippen molar-refractivity contribution in [2.45, 2.75) is 31.5 Å². The van der Waals surface area contributed by atoms with E-state index in [2.05, 4.69) is 22.6 Å². The standard InChI is InChI=1S/C14H18FIO2/c15-12-5-3-4-11(8-12)14(9-16)18-10-13-6-1-2-7-17-13/h3-5,8,13-14H,1-2,6-7,9-10H2. The molecule has 2 unspecified atom stereocenters. The van der Waals surface area contributed by atoms with Gasteiger partial charge in [-0.25, -0.2) is 4.39 Å². The number of alkyl halides is 1. The molecule has 0 amide bonds. The van der Waals surface area contributed by atoms with Crippen LogP contribution in [-0.2, 0) is 9.47 Å². The normalized spacial score (nSPS) is 21.8. The molecule has 4 heteroatoms. The molecule has 0 bridgehead atoms. The molecule has 1 aliphatic heterocycles. The summed E-state index contributed by atoms with van der Waals surface area (Å²) in [6, 6.07) is 6.64. The van der Waals surface area contributed by atoms with E-state index in [4.69, 9.17) is 9.47 Å². The van der Waals surface area contributed by atoms with Gasteiger partial charge in [-0.1, -0.05) is 34.7 Å². The van der Waals surface area contributed by atoms with Crippen molar-refractivity contribution in [1.82, 2.24) is 0 Å². The predicted molar refractivity (Wildman–Crippen MR) is 77.6 cm³/mol. The highest BCUT2D eigenvalue weighted by Gasteiger charge is 2.17. The van der Waals surface area contributed by atoms with Gasteiger partial charge in [-0.3, -0.25) is 0 Å². The molecule has 1 aromatic rings. The third-order valence-corrected chi connectivity index (χ3v) is 3.92. The minimum absolute atomic E-state index is 0.0492. The lowest BCUT2D eigenvalue weighted by molar-refractivity contribution is -0.0582.